The van der Waals surface area contributed by atoms with Crippen LogP contribution in [0.3, 0.4) is 0 Å². The van der Waals surface area contributed by atoms with E-state index in [0.29, 0.717) is 18.3 Å². The summed E-state index contributed by atoms with van der Waals surface area (Å²) in [7, 11) is 0. The number of carboxylic acids is 1. The molecule has 0 saturated heterocycles. The number of nitrogens with zero attached hydrogens (tertiary/aromatic N) is 3. The van der Waals surface area contributed by atoms with Gasteiger partial charge >= 0.3 is 5.97 Å². The summed E-state index contributed by atoms with van der Waals surface area (Å²) in [6.45, 7) is 6.10. The molecule has 2 aromatic heterocycles. The molecule has 0 aromatic carbocycles. The largest absolute Gasteiger partial charge is 0.480 e. The normalized spacial score (nSPS) is 12.0. The molecule has 0 unspecified atom stereocenters. The van der Waals surface area contributed by atoms with E-state index in [0.717, 1.165) is 4.88 Å². The summed E-state index contributed by atoms with van der Waals surface area (Å²) < 4.78 is 5.21. The Bertz CT molecular complexity index is 572. The van der Waals surface area contributed by atoms with Crippen LogP contribution in [0.15, 0.2) is 22.0 Å². The molecule has 6 nitrogen and oxygen atoms in total. The molecule has 0 fully saturated rings. The molecule has 0 radical (unpaired) electrons. The first-order valence-corrected chi connectivity index (χ1v) is 7.07. The molecule has 7 heteroatoms. The standard InChI is InChI=1S/C13H17N3O3S/c1-13(2,3)16(8-11(17)18)7-10-14-12(15-19-10)9-5-4-6-20-9/h4-6H,7-8H2,1-3H3,(H,17,18). The molecular formula is C13H17N3O3S. The van der Waals surface area contributed by atoms with Crippen molar-refractivity contribution in [3.63, 3.8) is 0 Å². The lowest BCUT2D eigenvalue weighted by Gasteiger charge is -2.32. The van der Waals surface area contributed by atoms with Gasteiger partial charge in [0.15, 0.2) is 0 Å². The fraction of sp³-hybridized carbons (Fsp3) is 0.462. The lowest BCUT2D eigenvalue weighted by atomic mass is 10.1. The quantitative estimate of drug-likeness (QED) is 0.913. The Kier molecular flexibility index (Phi) is 4.20. The first kappa shape index (κ1) is 14.7. The molecule has 2 rings (SSSR count). The van der Waals surface area contributed by atoms with E-state index in [1.165, 1.54) is 11.3 Å². The lowest BCUT2D eigenvalue weighted by Crippen LogP contribution is -2.43. The highest BCUT2D eigenvalue weighted by Crippen LogP contribution is 2.22. The number of hydrogen-bond donors (Lipinski definition) is 1. The third-order valence-electron chi connectivity index (χ3n) is 2.81. The van der Waals surface area contributed by atoms with Gasteiger partial charge in [-0.1, -0.05) is 11.2 Å². The fourth-order valence-corrected chi connectivity index (χ4v) is 2.33. The van der Waals surface area contributed by atoms with Crippen molar-refractivity contribution in [2.24, 2.45) is 0 Å². The third-order valence-corrected chi connectivity index (χ3v) is 3.68. The van der Waals surface area contributed by atoms with E-state index in [4.69, 9.17) is 9.63 Å². The highest BCUT2D eigenvalue weighted by atomic mass is 32.1. The second-order valence-electron chi connectivity index (χ2n) is 5.41. The Labute approximate surface area is 121 Å². The maximum atomic E-state index is 10.9. The summed E-state index contributed by atoms with van der Waals surface area (Å²) in [6.07, 6.45) is 0. The zero-order valence-electron chi connectivity index (χ0n) is 11.7. The van der Waals surface area contributed by atoms with Crippen LogP contribution < -0.4 is 0 Å². The first-order valence-electron chi connectivity index (χ1n) is 6.19. The molecule has 1 N–H and O–H groups in total. The summed E-state index contributed by atoms with van der Waals surface area (Å²) in [5.41, 5.74) is -0.296. The van der Waals surface area contributed by atoms with Crippen molar-refractivity contribution in [1.29, 1.82) is 0 Å². The second-order valence-corrected chi connectivity index (χ2v) is 6.36. The molecule has 0 amide bonds. The SMILES string of the molecule is CC(C)(C)N(CC(=O)O)Cc1nc(-c2cccs2)no1. The van der Waals surface area contributed by atoms with Crippen LogP contribution in [-0.2, 0) is 11.3 Å². The van der Waals surface area contributed by atoms with Crippen molar-refractivity contribution in [3.05, 3.63) is 23.4 Å². The van der Waals surface area contributed by atoms with Crippen LogP contribution in [0.25, 0.3) is 10.7 Å². The van der Waals surface area contributed by atoms with E-state index in [1.807, 2.05) is 38.3 Å². The van der Waals surface area contributed by atoms with E-state index in [-0.39, 0.29) is 12.1 Å². The molecule has 0 saturated carbocycles. The summed E-state index contributed by atoms with van der Waals surface area (Å²) in [4.78, 5) is 18.0. The molecule has 0 spiro atoms. The van der Waals surface area contributed by atoms with Gasteiger partial charge in [0.2, 0.25) is 11.7 Å². The number of aromatic nitrogens is 2. The zero-order chi connectivity index (χ0) is 14.8. The van der Waals surface area contributed by atoms with Gasteiger partial charge in [-0.3, -0.25) is 9.69 Å². The van der Waals surface area contributed by atoms with Crippen molar-refractivity contribution < 1.29 is 14.4 Å². The molecule has 0 aliphatic carbocycles. The van der Waals surface area contributed by atoms with E-state index >= 15 is 0 Å². The number of hydrogen-bond acceptors (Lipinski definition) is 6. The Morgan fingerprint density at radius 1 is 1.50 bits per heavy atom. The van der Waals surface area contributed by atoms with Crippen molar-refractivity contribution >= 4 is 17.3 Å². The fourth-order valence-electron chi connectivity index (χ4n) is 1.68. The molecular weight excluding hydrogens is 278 g/mol. The Balaban J connectivity index is 2.13. The van der Waals surface area contributed by atoms with Crippen LogP contribution in [0.2, 0.25) is 0 Å². The predicted molar refractivity (Wildman–Crippen MR) is 75.4 cm³/mol. The zero-order valence-corrected chi connectivity index (χ0v) is 12.5. The summed E-state index contributed by atoms with van der Waals surface area (Å²) in [5, 5.41) is 14.8. The van der Waals surface area contributed by atoms with E-state index < -0.39 is 5.97 Å². The summed E-state index contributed by atoms with van der Waals surface area (Å²) in [5.74, 6) is 0.0849. The maximum absolute atomic E-state index is 10.9. The minimum absolute atomic E-state index is 0.0692. The van der Waals surface area contributed by atoms with Crippen LogP contribution in [0.4, 0.5) is 0 Å². The molecule has 2 heterocycles. The Morgan fingerprint density at radius 2 is 2.25 bits per heavy atom. The molecule has 0 aliphatic rings. The molecule has 2 aromatic rings. The lowest BCUT2D eigenvalue weighted by molar-refractivity contribution is -0.140. The van der Waals surface area contributed by atoms with Gasteiger partial charge in [0.05, 0.1) is 18.0 Å². The van der Waals surface area contributed by atoms with Crippen LogP contribution in [-0.4, -0.2) is 38.2 Å². The van der Waals surface area contributed by atoms with Crippen LogP contribution in [0.1, 0.15) is 26.7 Å². The van der Waals surface area contributed by atoms with Gasteiger partial charge in [0.1, 0.15) is 0 Å². The number of carbonyl (C=O) groups is 1. The minimum Gasteiger partial charge on any atom is -0.480 e. The second kappa shape index (κ2) is 5.72. The van der Waals surface area contributed by atoms with Gasteiger partial charge in [-0.2, -0.15) is 4.98 Å². The third kappa shape index (κ3) is 3.64. The monoisotopic (exact) mass is 295 g/mol. The van der Waals surface area contributed by atoms with Gasteiger partial charge in [-0.05, 0) is 32.2 Å². The number of aliphatic carboxylic acids is 1. The van der Waals surface area contributed by atoms with Gasteiger partial charge in [-0.25, -0.2) is 0 Å². The Morgan fingerprint density at radius 3 is 2.80 bits per heavy atom. The van der Waals surface area contributed by atoms with E-state index in [2.05, 4.69) is 10.1 Å². The van der Waals surface area contributed by atoms with Gasteiger partial charge in [0, 0.05) is 5.54 Å². The molecule has 0 atom stereocenters. The van der Waals surface area contributed by atoms with Crippen molar-refractivity contribution in [3.8, 4) is 10.7 Å². The number of carboxylic acid groups (broad SMARTS) is 1. The summed E-state index contributed by atoms with van der Waals surface area (Å²) in [6, 6.07) is 3.83. The predicted octanol–water partition coefficient (Wildman–Crippen LogP) is 2.48. The maximum Gasteiger partial charge on any atom is 0.317 e. The van der Waals surface area contributed by atoms with Crippen LogP contribution in [0.5, 0.6) is 0 Å². The molecule has 0 aliphatic heterocycles. The molecule has 20 heavy (non-hydrogen) atoms. The molecule has 0 bridgehead atoms. The van der Waals surface area contributed by atoms with Gasteiger partial charge in [-0.15, -0.1) is 11.3 Å². The van der Waals surface area contributed by atoms with E-state index in [1.54, 1.807) is 4.90 Å². The first-order chi connectivity index (χ1) is 9.36. The van der Waals surface area contributed by atoms with Crippen molar-refractivity contribution in [2.45, 2.75) is 32.9 Å². The average Bonchev–Trinajstić information content (AvgIpc) is 2.95. The van der Waals surface area contributed by atoms with Crippen molar-refractivity contribution in [2.75, 3.05) is 6.54 Å². The van der Waals surface area contributed by atoms with Crippen molar-refractivity contribution in [1.82, 2.24) is 15.0 Å². The topological polar surface area (TPSA) is 79.5 Å². The van der Waals surface area contributed by atoms with Gasteiger partial charge in [0.25, 0.3) is 0 Å². The molecule has 108 valence electrons. The van der Waals surface area contributed by atoms with Crippen LogP contribution >= 0.6 is 11.3 Å². The van der Waals surface area contributed by atoms with Crippen LogP contribution in [0, 0.1) is 0 Å². The summed E-state index contributed by atoms with van der Waals surface area (Å²) >= 11 is 1.53. The van der Waals surface area contributed by atoms with E-state index in [9.17, 15) is 4.79 Å². The number of thiophene rings is 1. The smallest absolute Gasteiger partial charge is 0.317 e. The van der Waals surface area contributed by atoms with Gasteiger partial charge < -0.3 is 9.63 Å². The minimum atomic E-state index is -0.877. The highest BCUT2D eigenvalue weighted by Gasteiger charge is 2.25. The Hall–Kier alpha value is -1.73. The number of rotatable bonds is 5. The average molecular weight is 295 g/mol. The highest BCUT2D eigenvalue weighted by molar-refractivity contribution is 7.13.